The second-order valence-corrected chi connectivity index (χ2v) is 4.33. The topological polar surface area (TPSA) is 69.6 Å². The van der Waals surface area contributed by atoms with Gasteiger partial charge in [-0.1, -0.05) is 25.0 Å². The number of hydrogen-bond donors (Lipinski definition) is 3. The molecule has 0 radical (unpaired) electrons. The molecule has 0 spiro atoms. The number of aromatic hydroxyl groups is 1. The Balaban J connectivity index is 2.14. The molecule has 0 saturated heterocycles. The Hall–Kier alpha value is -1.55. The molecule has 100 valence electrons. The van der Waals surface area contributed by atoms with E-state index in [9.17, 15) is 9.90 Å². The number of aliphatic hydroxyl groups is 1. The number of unbranched alkanes of at least 4 members (excludes halogenated alkanes) is 3. The van der Waals surface area contributed by atoms with E-state index >= 15 is 0 Å². The Bertz CT molecular complexity index is 366. The molecule has 3 N–H and O–H groups in total. The zero-order valence-electron chi connectivity index (χ0n) is 10.6. The van der Waals surface area contributed by atoms with Gasteiger partial charge in [-0.05, 0) is 30.5 Å². The number of nitrogens with one attached hydrogen (secondary N) is 1. The first-order valence-corrected chi connectivity index (χ1v) is 6.38. The SMILES string of the molecule is O=C(Cc1cccc(O)c1)NCCCCCCO. The lowest BCUT2D eigenvalue weighted by atomic mass is 10.1. The molecule has 0 aliphatic heterocycles. The van der Waals surface area contributed by atoms with Crippen molar-refractivity contribution < 1.29 is 15.0 Å². The maximum Gasteiger partial charge on any atom is 0.224 e. The Labute approximate surface area is 108 Å². The maximum atomic E-state index is 11.6. The molecular formula is C14H21NO3. The van der Waals surface area contributed by atoms with Crippen molar-refractivity contribution in [1.82, 2.24) is 5.32 Å². The van der Waals surface area contributed by atoms with E-state index in [-0.39, 0.29) is 18.3 Å². The van der Waals surface area contributed by atoms with E-state index in [0.29, 0.717) is 13.0 Å². The quantitative estimate of drug-likeness (QED) is 0.615. The van der Waals surface area contributed by atoms with Gasteiger partial charge >= 0.3 is 0 Å². The summed E-state index contributed by atoms with van der Waals surface area (Å²) in [5.74, 6) is 0.159. The lowest BCUT2D eigenvalue weighted by molar-refractivity contribution is -0.120. The highest BCUT2D eigenvalue weighted by atomic mass is 16.3. The standard InChI is InChI=1S/C14H21NO3/c16-9-4-2-1-3-8-15-14(18)11-12-6-5-7-13(17)10-12/h5-7,10,16-17H,1-4,8-9,11H2,(H,15,18). The van der Waals surface area contributed by atoms with Gasteiger partial charge < -0.3 is 15.5 Å². The second-order valence-electron chi connectivity index (χ2n) is 4.33. The third-order valence-corrected chi connectivity index (χ3v) is 2.68. The molecule has 1 amide bonds. The van der Waals surface area contributed by atoms with Gasteiger partial charge in [-0.15, -0.1) is 0 Å². The first-order valence-electron chi connectivity index (χ1n) is 6.38. The summed E-state index contributed by atoms with van der Waals surface area (Å²) < 4.78 is 0. The third-order valence-electron chi connectivity index (χ3n) is 2.68. The van der Waals surface area contributed by atoms with Gasteiger partial charge in [0.05, 0.1) is 6.42 Å². The summed E-state index contributed by atoms with van der Waals surface area (Å²) in [6, 6.07) is 6.73. The molecule has 0 atom stereocenters. The second kappa shape index (κ2) is 8.53. The number of aliphatic hydroxyl groups excluding tert-OH is 1. The van der Waals surface area contributed by atoms with Crippen molar-refractivity contribution in [3.05, 3.63) is 29.8 Å². The van der Waals surface area contributed by atoms with E-state index < -0.39 is 0 Å². The number of phenolic OH excluding ortho intramolecular Hbond substituents is 1. The summed E-state index contributed by atoms with van der Waals surface area (Å²) in [5.41, 5.74) is 0.813. The van der Waals surface area contributed by atoms with E-state index in [2.05, 4.69) is 5.32 Å². The van der Waals surface area contributed by atoms with Crippen LogP contribution >= 0.6 is 0 Å². The molecule has 0 unspecified atom stereocenters. The minimum absolute atomic E-state index is 0.0252. The predicted octanol–water partition coefficient (Wildman–Crippen LogP) is 1.60. The molecule has 0 aromatic heterocycles. The van der Waals surface area contributed by atoms with Gasteiger partial charge in [0.2, 0.25) is 5.91 Å². The lowest BCUT2D eigenvalue weighted by Gasteiger charge is -2.05. The van der Waals surface area contributed by atoms with Gasteiger partial charge in [-0.3, -0.25) is 4.79 Å². The smallest absolute Gasteiger partial charge is 0.224 e. The molecule has 0 aliphatic rings. The van der Waals surface area contributed by atoms with Crippen LogP contribution in [0.5, 0.6) is 5.75 Å². The average molecular weight is 251 g/mol. The average Bonchev–Trinajstić information content (AvgIpc) is 2.33. The fourth-order valence-corrected chi connectivity index (χ4v) is 1.73. The minimum atomic E-state index is -0.0252. The number of carbonyl (C=O) groups excluding carboxylic acids is 1. The number of rotatable bonds is 8. The largest absolute Gasteiger partial charge is 0.508 e. The van der Waals surface area contributed by atoms with E-state index in [1.54, 1.807) is 18.2 Å². The van der Waals surface area contributed by atoms with Gasteiger partial charge in [0.25, 0.3) is 0 Å². The molecule has 0 fully saturated rings. The number of phenols is 1. The summed E-state index contributed by atoms with van der Waals surface area (Å²) >= 11 is 0. The van der Waals surface area contributed by atoms with E-state index in [0.717, 1.165) is 31.2 Å². The molecule has 4 nitrogen and oxygen atoms in total. The maximum absolute atomic E-state index is 11.6. The van der Waals surface area contributed by atoms with Crippen LogP contribution in [-0.2, 0) is 11.2 Å². The highest BCUT2D eigenvalue weighted by Gasteiger charge is 2.03. The lowest BCUT2D eigenvalue weighted by Crippen LogP contribution is -2.26. The monoisotopic (exact) mass is 251 g/mol. The van der Waals surface area contributed by atoms with Crippen LogP contribution in [-0.4, -0.2) is 29.3 Å². The zero-order valence-corrected chi connectivity index (χ0v) is 10.6. The summed E-state index contributed by atoms with van der Waals surface area (Å²) in [5, 5.41) is 20.7. The highest BCUT2D eigenvalue weighted by molar-refractivity contribution is 5.78. The molecule has 1 aromatic rings. The Kier molecular flexibility index (Phi) is 6.87. The molecule has 0 bridgehead atoms. The van der Waals surface area contributed by atoms with Gasteiger partial charge in [0, 0.05) is 13.2 Å². The van der Waals surface area contributed by atoms with E-state index in [1.807, 2.05) is 6.07 Å². The van der Waals surface area contributed by atoms with E-state index in [1.165, 1.54) is 0 Å². The van der Waals surface area contributed by atoms with Crippen LogP contribution in [0.3, 0.4) is 0 Å². The van der Waals surface area contributed by atoms with Crippen LogP contribution in [0.1, 0.15) is 31.2 Å². The molecule has 1 aromatic carbocycles. The molecule has 0 aliphatic carbocycles. The molecule has 1 rings (SSSR count). The zero-order chi connectivity index (χ0) is 13.2. The highest BCUT2D eigenvalue weighted by Crippen LogP contribution is 2.11. The fourth-order valence-electron chi connectivity index (χ4n) is 1.73. The van der Waals surface area contributed by atoms with Crippen LogP contribution in [0.2, 0.25) is 0 Å². The molecule has 4 heteroatoms. The molecule has 18 heavy (non-hydrogen) atoms. The van der Waals surface area contributed by atoms with Crippen molar-refractivity contribution in [3.63, 3.8) is 0 Å². The summed E-state index contributed by atoms with van der Waals surface area (Å²) in [4.78, 5) is 11.6. The Morgan fingerprint density at radius 3 is 2.67 bits per heavy atom. The van der Waals surface area contributed by atoms with Gasteiger partial charge in [-0.25, -0.2) is 0 Å². The number of carbonyl (C=O) groups is 1. The third kappa shape index (κ3) is 6.25. The Morgan fingerprint density at radius 2 is 1.94 bits per heavy atom. The molecule has 0 heterocycles. The molecular weight excluding hydrogens is 230 g/mol. The normalized spacial score (nSPS) is 10.3. The number of hydrogen-bond acceptors (Lipinski definition) is 3. The first kappa shape index (κ1) is 14.5. The molecule has 0 saturated carbocycles. The van der Waals surface area contributed by atoms with Crippen molar-refractivity contribution >= 4 is 5.91 Å². The summed E-state index contributed by atoms with van der Waals surface area (Å²) in [6.07, 6.45) is 4.08. The number of benzene rings is 1. The van der Waals surface area contributed by atoms with Crippen molar-refractivity contribution in [2.75, 3.05) is 13.2 Å². The summed E-state index contributed by atoms with van der Waals surface area (Å²) in [6.45, 7) is 0.910. The van der Waals surface area contributed by atoms with Crippen molar-refractivity contribution in [1.29, 1.82) is 0 Å². The van der Waals surface area contributed by atoms with Gasteiger partial charge in [0.1, 0.15) is 5.75 Å². The first-order chi connectivity index (χ1) is 8.72. The van der Waals surface area contributed by atoms with Crippen LogP contribution in [0.25, 0.3) is 0 Å². The van der Waals surface area contributed by atoms with Gasteiger partial charge in [-0.2, -0.15) is 0 Å². The van der Waals surface area contributed by atoms with Crippen LogP contribution in [0.4, 0.5) is 0 Å². The summed E-state index contributed by atoms with van der Waals surface area (Å²) in [7, 11) is 0. The van der Waals surface area contributed by atoms with Gasteiger partial charge in [0.15, 0.2) is 0 Å². The van der Waals surface area contributed by atoms with Crippen molar-refractivity contribution in [2.45, 2.75) is 32.1 Å². The van der Waals surface area contributed by atoms with E-state index in [4.69, 9.17) is 5.11 Å². The Morgan fingerprint density at radius 1 is 1.17 bits per heavy atom. The minimum Gasteiger partial charge on any atom is -0.508 e. The van der Waals surface area contributed by atoms with Crippen molar-refractivity contribution in [3.8, 4) is 5.75 Å². The van der Waals surface area contributed by atoms with Crippen LogP contribution < -0.4 is 5.32 Å². The number of amides is 1. The van der Waals surface area contributed by atoms with Crippen LogP contribution in [0, 0.1) is 0 Å². The van der Waals surface area contributed by atoms with Crippen molar-refractivity contribution in [2.24, 2.45) is 0 Å². The van der Waals surface area contributed by atoms with Crippen LogP contribution in [0.15, 0.2) is 24.3 Å². The fraction of sp³-hybridized carbons (Fsp3) is 0.500. The predicted molar refractivity (Wildman–Crippen MR) is 70.4 cm³/mol.